The Morgan fingerprint density at radius 2 is 1.52 bits per heavy atom. The summed E-state index contributed by atoms with van der Waals surface area (Å²) >= 11 is 0. The van der Waals surface area contributed by atoms with Gasteiger partial charge < -0.3 is 0 Å². The normalized spacial score (nSPS) is 25.6. The quantitative estimate of drug-likeness (QED) is 0.377. The Balaban J connectivity index is 1.37. The van der Waals surface area contributed by atoms with Gasteiger partial charge in [0.15, 0.2) is 0 Å². The van der Waals surface area contributed by atoms with Gasteiger partial charge in [-0.05, 0) is 110 Å². The number of benzene rings is 2. The van der Waals surface area contributed by atoms with Crippen LogP contribution >= 0.6 is 0 Å². The summed E-state index contributed by atoms with van der Waals surface area (Å²) in [6.45, 7) is 7.62. The SMILES string of the molecule is C=CCCc1ccc(-c2ccc(C3CCC4CC(CCC=C)CCC4C3)cc2)cc1F. The van der Waals surface area contributed by atoms with Crippen molar-refractivity contribution in [3.63, 3.8) is 0 Å². The van der Waals surface area contributed by atoms with Crippen LogP contribution in [-0.4, -0.2) is 0 Å². The van der Waals surface area contributed by atoms with Gasteiger partial charge in [0.2, 0.25) is 0 Å². The standard InChI is InChI=1S/C30H37F/c1-3-5-7-22-9-10-28-20-27(18-17-26(28)19-22)23-11-13-24(14-12-23)29-16-15-25(8-6-4-2)30(31)21-29/h3-4,11-16,21-22,26-28H,1-2,5-10,17-20H2. The lowest BCUT2D eigenvalue weighted by molar-refractivity contribution is 0.115. The van der Waals surface area contributed by atoms with Gasteiger partial charge >= 0.3 is 0 Å². The molecule has 0 bridgehead atoms. The first kappa shape index (κ1) is 22.1. The fourth-order valence-electron chi connectivity index (χ4n) is 6.04. The highest BCUT2D eigenvalue weighted by atomic mass is 19.1. The first-order valence-corrected chi connectivity index (χ1v) is 12.3. The minimum atomic E-state index is -0.106. The van der Waals surface area contributed by atoms with E-state index in [1.807, 2.05) is 18.2 Å². The van der Waals surface area contributed by atoms with E-state index in [1.54, 1.807) is 6.07 Å². The third-order valence-corrected chi connectivity index (χ3v) is 7.89. The van der Waals surface area contributed by atoms with Crippen molar-refractivity contribution in [2.45, 2.75) is 70.1 Å². The van der Waals surface area contributed by atoms with Crippen molar-refractivity contribution in [3.05, 3.63) is 84.7 Å². The highest BCUT2D eigenvalue weighted by Gasteiger charge is 2.35. The summed E-state index contributed by atoms with van der Waals surface area (Å²) in [5.41, 5.74) is 4.32. The maximum atomic E-state index is 14.4. The zero-order valence-electron chi connectivity index (χ0n) is 18.9. The first-order chi connectivity index (χ1) is 15.2. The number of rotatable bonds is 8. The van der Waals surface area contributed by atoms with Crippen molar-refractivity contribution >= 4 is 0 Å². The van der Waals surface area contributed by atoms with Crippen molar-refractivity contribution in [1.82, 2.24) is 0 Å². The summed E-state index contributed by atoms with van der Waals surface area (Å²) in [4.78, 5) is 0. The summed E-state index contributed by atoms with van der Waals surface area (Å²) in [7, 11) is 0. The fraction of sp³-hybridized carbons (Fsp3) is 0.467. The highest BCUT2D eigenvalue weighted by molar-refractivity contribution is 5.64. The van der Waals surface area contributed by atoms with Gasteiger partial charge in [0.25, 0.3) is 0 Å². The summed E-state index contributed by atoms with van der Waals surface area (Å²) < 4.78 is 14.4. The van der Waals surface area contributed by atoms with Crippen LogP contribution in [0, 0.1) is 23.6 Å². The minimum Gasteiger partial charge on any atom is -0.207 e. The fourth-order valence-corrected chi connectivity index (χ4v) is 6.04. The third kappa shape index (κ3) is 5.37. The van der Waals surface area contributed by atoms with Gasteiger partial charge in [-0.25, -0.2) is 4.39 Å². The number of halogens is 1. The summed E-state index contributed by atoms with van der Waals surface area (Å²) in [5.74, 6) is 3.37. The van der Waals surface area contributed by atoms with Gasteiger partial charge in [-0.2, -0.15) is 0 Å². The molecule has 0 aromatic heterocycles. The molecule has 2 fully saturated rings. The van der Waals surface area contributed by atoms with Gasteiger partial charge in [0, 0.05) is 0 Å². The van der Waals surface area contributed by atoms with Crippen LogP contribution in [0.25, 0.3) is 11.1 Å². The monoisotopic (exact) mass is 416 g/mol. The van der Waals surface area contributed by atoms with Crippen LogP contribution in [0.15, 0.2) is 67.8 Å². The predicted octanol–water partition coefficient (Wildman–Crippen LogP) is 8.88. The van der Waals surface area contributed by atoms with E-state index in [0.29, 0.717) is 12.3 Å². The second-order valence-corrected chi connectivity index (χ2v) is 9.83. The smallest absolute Gasteiger partial charge is 0.127 e. The van der Waals surface area contributed by atoms with Gasteiger partial charge in [-0.15, -0.1) is 13.2 Å². The second-order valence-electron chi connectivity index (χ2n) is 9.83. The average molecular weight is 417 g/mol. The van der Waals surface area contributed by atoms with E-state index in [4.69, 9.17) is 0 Å². The van der Waals surface area contributed by atoms with Gasteiger partial charge in [-0.3, -0.25) is 0 Å². The molecule has 2 aliphatic rings. The van der Waals surface area contributed by atoms with E-state index in [9.17, 15) is 4.39 Å². The molecule has 31 heavy (non-hydrogen) atoms. The highest BCUT2D eigenvalue weighted by Crippen LogP contribution is 2.48. The van der Waals surface area contributed by atoms with Crippen LogP contribution < -0.4 is 0 Å². The van der Waals surface area contributed by atoms with E-state index >= 15 is 0 Å². The molecule has 0 amide bonds. The van der Waals surface area contributed by atoms with Crippen LogP contribution in [0.5, 0.6) is 0 Å². The Morgan fingerprint density at radius 1 is 0.806 bits per heavy atom. The first-order valence-electron chi connectivity index (χ1n) is 12.3. The number of hydrogen-bond donors (Lipinski definition) is 0. The molecule has 0 N–H and O–H groups in total. The summed E-state index contributed by atoms with van der Waals surface area (Å²) in [5, 5.41) is 0. The van der Waals surface area contributed by atoms with E-state index in [1.165, 1.54) is 56.9 Å². The number of fused-ring (bicyclic) bond motifs is 1. The molecule has 4 unspecified atom stereocenters. The van der Waals surface area contributed by atoms with E-state index in [2.05, 4.69) is 43.5 Å². The van der Waals surface area contributed by atoms with Crippen molar-refractivity contribution in [2.24, 2.45) is 17.8 Å². The molecule has 164 valence electrons. The molecule has 0 radical (unpaired) electrons. The summed E-state index contributed by atoms with van der Waals surface area (Å²) in [6.07, 6.45) is 16.3. The molecule has 2 aromatic carbocycles. The van der Waals surface area contributed by atoms with Gasteiger partial charge in [-0.1, -0.05) is 55.0 Å². The molecule has 2 saturated carbocycles. The Hall–Kier alpha value is -2.15. The lowest BCUT2D eigenvalue weighted by atomic mass is 9.63. The van der Waals surface area contributed by atoms with Gasteiger partial charge in [0.1, 0.15) is 5.82 Å². The zero-order chi connectivity index (χ0) is 21.6. The molecule has 1 heteroatoms. The molecule has 2 aromatic rings. The average Bonchev–Trinajstić information content (AvgIpc) is 2.81. The molecule has 0 heterocycles. The van der Waals surface area contributed by atoms with Crippen molar-refractivity contribution < 1.29 is 4.39 Å². The molecule has 0 nitrogen and oxygen atoms in total. The Bertz CT molecular complexity index is 878. The van der Waals surface area contributed by atoms with Crippen LogP contribution in [0.3, 0.4) is 0 Å². The molecular formula is C30H37F. The lowest BCUT2D eigenvalue weighted by Crippen LogP contribution is -2.30. The lowest BCUT2D eigenvalue weighted by Gasteiger charge is -2.42. The minimum absolute atomic E-state index is 0.106. The Morgan fingerprint density at radius 3 is 2.26 bits per heavy atom. The van der Waals surface area contributed by atoms with Crippen molar-refractivity contribution in [2.75, 3.05) is 0 Å². The molecular weight excluding hydrogens is 379 g/mol. The van der Waals surface area contributed by atoms with E-state index < -0.39 is 0 Å². The molecule has 4 rings (SSSR count). The summed E-state index contributed by atoms with van der Waals surface area (Å²) in [6, 6.07) is 14.6. The molecule has 0 aliphatic heterocycles. The van der Waals surface area contributed by atoms with Crippen LogP contribution in [0.2, 0.25) is 0 Å². The van der Waals surface area contributed by atoms with Crippen LogP contribution in [-0.2, 0) is 6.42 Å². The number of hydrogen-bond acceptors (Lipinski definition) is 0. The maximum absolute atomic E-state index is 14.4. The topological polar surface area (TPSA) is 0 Å². The molecule has 0 spiro atoms. The van der Waals surface area contributed by atoms with Gasteiger partial charge in [0.05, 0.1) is 0 Å². The number of aryl methyl sites for hydroxylation is 1. The second kappa shape index (κ2) is 10.4. The zero-order valence-corrected chi connectivity index (χ0v) is 18.9. The molecule has 2 aliphatic carbocycles. The Labute approximate surface area is 188 Å². The molecule has 0 saturated heterocycles. The number of allylic oxidation sites excluding steroid dienone is 2. The van der Waals surface area contributed by atoms with Crippen molar-refractivity contribution in [1.29, 1.82) is 0 Å². The predicted molar refractivity (Wildman–Crippen MR) is 131 cm³/mol. The van der Waals surface area contributed by atoms with E-state index in [-0.39, 0.29) is 5.82 Å². The maximum Gasteiger partial charge on any atom is 0.127 e. The van der Waals surface area contributed by atoms with Crippen LogP contribution in [0.1, 0.15) is 74.8 Å². The van der Waals surface area contributed by atoms with E-state index in [0.717, 1.165) is 40.9 Å². The largest absolute Gasteiger partial charge is 0.207 e. The van der Waals surface area contributed by atoms with Crippen molar-refractivity contribution in [3.8, 4) is 11.1 Å². The van der Waals surface area contributed by atoms with Crippen LogP contribution in [0.4, 0.5) is 4.39 Å². The third-order valence-electron chi connectivity index (χ3n) is 7.89. The molecule has 4 atom stereocenters. The Kier molecular flexibility index (Phi) is 7.43.